The van der Waals surface area contributed by atoms with Gasteiger partial charge in [0.05, 0.1) is 16.7 Å². The summed E-state index contributed by atoms with van der Waals surface area (Å²) in [5.74, 6) is 0. The van der Waals surface area contributed by atoms with Gasteiger partial charge in [-0.3, -0.25) is 0 Å². The average molecular weight is 267 g/mol. The van der Waals surface area contributed by atoms with E-state index in [1.54, 1.807) is 22.7 Å². The van der Waals surface area contributed by atoms with Gasteiger partial charge in [0.2, 0.25) is 0 Å². The minimum atomic E-state index is 0.292. The van der Waals surface area contributed by atoms with Crippen molar-refractivity contribution in [1.29, 1.82) is 0 Å². The molecule has 2 heterocycles. The summed E-state index contributed by atoms with van der Waals surface area (Å²) >= 11 is 3.49. The lowest BCUT2D eigenvalue weighted by molar-refractivity contribution is 0.566. The van der Waals surface area contributed by atoms with Gasteiger partial charge in [0.15, 0.2) is 0 Å². The van der Waals surface area contributed by atoms with Crippen LogP contribution < -0.4 is 5.32 Å². The van der Waals surface area contributed by atoms with E-state index in [1.807, 2.05) is 6.20 Å². The van der Waals surface area contributed by atoms with Gasteiger partial charge in [0.1, 0.15) is 5.01 Å². The van der Waals surface area contributed by atoms with Crippen molar-refractivity contribution in [1.82, 2.24) is 15.3 Å². The van der Waals surface area contributed by atoms with Crippen molar-refractivity contribution in [2.45, 2.75) is 39.8 Å². The van der Waals surface area contributed by atoms with Gasteiger partial charge in [-0.1, -0.05) is 6.92 Å². The summed E-state index contributed by atoms with van der Waals surface area (Å²) in [6.07, 6.45) is 2.95. The normalized spacial score (nSPS) is 12.9. The van der Waals surface area contributed by atoms with E-state index in [4.69, 9.17) is 0 Å². The number of aromatic nitrogens is 2. The van der Waals surface area contributed by atoms with E-state index in [2.05, 4.69) is 41.4 Å². The quantitative estimate of drug-likeness (QED) is 0.903. The number of aryl methyl sites for hydroxylation is 2. The Hall–Kier alpha value is -0.780. The van der Waals surface area contributed by atoms with Crippen LogP contribution in [-0.2, 0) is 13.0 Å². The molecule has 0 spiro atoms. The molecule has 2 rings (SSSR count). The Bertz CT molecular complexity index is 476. The molecule has 1 unspecified atom stereocenters. The van der Waals surface area contributed by atoms with E-state index in [1.165, 1.54) is 9.88 Å². The summed E-state index contributed by atoms with van der Waals surface area (Å²) in [6, 6.07) is 0.292. The van der Waals surface area contributed by atoms with Crippen LogP contribution in [0, 0.1) is 6.92 Å². The molecule has 0 aliphatic carbocycles. The van der Waals surface area contributed by atoms with Crippen LogP contribution in [-0.4, -0.2) is 9.97 Å². The first kappa shape index (κ1) is 12.7. The molecule has 0 aromatic carbocycles. The summed E-state index contributed by atoms with van der Waals surface area (Å²) in [7, 11) is 0. The van der Waals surface area contributed by atoms with Crippen LogP contribution >= 0.6 is 22.7 Å². The Balaban J connectivity index is 1.89. The second-order valence-corrected chi connectivity index (χ2v) is 6.21. The zero-order valence-electron chi connectivity index (χ0n) is 10.4. The van der Waals surface area contributed by atoms with E-state index < -0.39 is 0 Å². The molecule has 17 heavy (non-hydrogen) atoms. The molecule has 2 aromatic heterocycles. The fraction of sp³-hybridized carbons (Fsp3) is 0.500. The Kier molecular flexibility index (Phi) is 4.25. The third-order valence-corrected chi connectivity index (χ3v) is 4.64. The van der Waals surface area contributed by atoms with E-state index in [-0.39, 0.29) is 0 Å². The fourth-order valence-corrected chi connectivity index (χ4v) is 3.06. The number of thiazole rings is 2. The second kappa shape index (κ2) is 5.71. The van der Waals surface area contributed by atoms with Gasteiger partial charge in [-0.2, -0.15) is 0 Å². The lowest BCUT2D eigenvalue weighted by Gasteiger charge is -2.09. The molecule has 1 atom stereocenters. The molecule has 0 saturated heterocycles. The molecule has 0 aliphatic heterocycles. The van der Waals surface area contributed by atoms with Crippen molar-refractivity contribution in [3.05, 3.63) is 32.2 Å². The summed E-state index contributed by atoms with van der Waals surface area (Å²) < 4.78 is 0. The van der Waals surface area contributed by atoms with Crippen LogP contribution in [0.4, 0.5) is 0 Å². The fourth-order valence-electron chi connectivity index (χ4n) is 1.51. The van der Waals surface area contributed by atoms with Crippen molar-refractivity contribution in [3.63, 3.8) is 0 Å². The molecule has 0 saturated carbocycles. The van der Waals surface area contributed by atoms with E-state index in [0.717, 1.165) is 23.7 Å². The van der Waals surface area contributed by atoms with Crippen molar-refractivity contribution < 1.29 is 0 Å². The number of hydrogen-bond donors (Lipinski definition) is 1. The smallest absolute Gasteiger partial charge is 0.109 e. The van der Waals surface area contributed by atoms with Gasteiger partial charge in [-0.25, -0.2) is 9.97 Å². The van der Waals surface area contributed by atoms with Crippen LogP contribution in [0.5, 0.6) is 0 Å². The SMILES string of the molecule is CCc1nc(CNC(C)c2ncc(C)s2)cs1. The van der Waals surface area contributed by atoms with Gasteiger partial charge < -0.3 is 5.32 Å². The van der Waals surface area contributed by atoms with E-state index >= 15 is 0 Å². The topological polar surface area (TPSA) is 37.8 Å². The minimum Gasteiger partial charge on any atom is -0.302 e. The van der Waals surface area contributed by atoms with Crippen LogP contribution in [0.2, 0.25) is 0 Å². The standard InChI is InChI=1S/C12H17N3S2/c1-4-11-15-10(7-16-11)6-13-9(3)12-14-5-8(2)17-12/h5,7,9,13H,4,6H2,1-3H3. The van der Waals surface area contributed by atoms with Gasteiger partial charge >= 0.3 is 0 Å². The summed E-state index contributed by atoms with van der Waals surface area (Å²) in [5.41, 5.74) is 1.13. The van der Waals surface area contributed by atoms with Gasteiger partial charge in [0, 0.05) is 23.0 Å². The highest BCUT2D eigenvalue weighted by atomic mass is 32.1. The maximum Gasteiger partial charge on any atom is 0.109 e. The van der Waals surface area contributed by atoms with Crippen molar-refractivity contribution in [3.8, 4) is 0 Å². The maximum absolute atomic E-state index is 4.54. The van der Waals surface area contributed by atoms with E-state index in [9.17, 15) is 0 Å². The third-order valence-electron chi connectivity index (χ3n) is 2.50. The second-order valence-electron chi connectivity index (χ2n) is 4.00. The molecule has 0 fully saturated rings. The first-order valence-electron chi connectivity index (χ1n) is 5.78. The summed E-state index contributed by atoms with van der Waals surface area (Å²) in [6.45, 7) is 7.18. The van der Waals surface area contributed by atoms with Crippen LogP contribution in [0.1, 0.15) is 40.5 Å². The number of rotatable bonds is 5. The predicted octanol–water partition coefficient (Wildman–Crippen LogP) is 3.32. The maximum atomic E-state index is 4.54. The first-order chi connectivity index (χ1) is 8.19. The highest BCUT2D eigenvalue weighted by molar-refractivity contribution is 7.11. The molecule has 3 nitrogen and oxygen atoms in total. The average Bonchev–Trinajstić information content (AvgIpc) is 2.94. The molecular weight excluding hydrogens is 250 g/mol. The summed E-state index contributed by atoms with van der Waals surface area (Å²) in [4.78, 5) is 10.2. The molecular formula is C12H17N3S2. The Morgan fingerprint density at radius 1 is 1.47 bits per heavy atom. The highest BCUT2D eigenvalue weighted by Gasteiger charge is 2.09. The zero-order valence-corrected chi connectivity index (χ0v) is 12.0. The lowest BCUT2D eigenvalue weighted by Crippen LogP contribution is -2.18. The summed E-state index contributed by atoms with van der Waals surface area (Å²) in [5, 5.41) is 7.94. The third kappa shape index (κ3) is 3.34. The molecule has 0 radical (unpaired) electrons. The highest BCUT2D eigenvalue weighted by Crippen LogP contribution is 2.19. The molecule has 0 aliphatic rings. The van der Waals surface area contributed by atoms with Crippen LogP contribution in [0.25, 0.3) is 0 Å². The number of nitrogens with zero attached hydrogens (tertiary/aromatic N) is 2. The molecule has 2 aromatic rings. The van der Waals surface area contributed by atoms with Crippen molar-refractivity contribution in [2.75, 3.05) is 0 Å². The van der Waals surface area contributed by atoms with Crippen molar-refractivity contribution in [2.24, 2.45) is 0 Å². The molecule has 0 bridgehead atoms. The predicted molar refractivity (Wildman–Crippen MR) is 73.6 cm³/mol. The Labute approximate surface area is 110 Å². The van der Waals surface area contributed by atoms with Gasteiger partial charge in [0.25, 0.3) is 0 Å². The Morgan fingerprint density at radius 2 is 2.29 bits per heavy atom. The zero-order chi connectivity index (χ0) is 12.3. The monoisotopic (exact) mass is 267 g/mol. The largest absolute Gasteiger partial charge is 0.302 e. The molecule has 92 valence electrons. The van der Waals surface area contributed by atoms with Crippen molar-refractivity contribution >= 4 is 22.7 Å². The number of hydrogen-bond acceptors (Lipinski definition) is 5. The molecule has 5 heteroatoms. The van der Waals surface area contributed by atoms with Gasteiger partial charge in [-0.15, -0.1) is 22.7 Å². The molecule has 0 amide bonds. The van der Waals surface area contributed by atoms with Crippen LogP contribution in [0.15, 0.2) is 11.6 Å². The van der Waals surface area contributed by atoms with E-state index in [0.29, 0.717) is 6.04 Å². The number of nitrogens with one attached hydrogen (secondary N) is 1. The Morgan fingerprint density at radius 3 is 2.88 bits per heavy atom. The lowest BCUT2D eigenvalue weighted by atomic mass is 10.3. The van der Waals surface area contributed by atoms with Crippen LogP contribution in [0.3, 0.4) is 0 Å². The van der Waals surface area contributed by atoms with Gasteiger partial charge in [-0.05, 0) is 20.3 Å². The minimum absolute atomic E-state index is 0.292. The molecule has 1 N–H and O–H groups in total. The first-order valence-corrected chi connectivity index (χ1v) is 7.47.